The summed E-state index contributed by atoms with van der Waals surface area (Å²) in [5.41, 5.74) is 0. The molecule has 0 bridgehead atoms. The lowest BCUT2D eigenvalue weighted by Gasteiger charge is -2.45. The van der Waals surface area contributed by atoms with E-state index in [1.54, 1.807) is 0 Å². The second-order valence-electron chi connectivity index (χ2n) is 6.88. The van der Waals surface area contributed by atoms with Crippen molar-refractivity contribution in [3.63, 3.8) is 0 Å². The number of rotatable bonds is 24. The molecule has 0 radical (unpaired) electrons. The molecular weight excluding hydrogens is 494 g/mol. The van der Waals surface area contributed by atoms with Crippen molar-refractivity contribution in [3.8, 4) is 0 Å². The van der Waals surface area contributed by atoms with Gasteiger partial charge in [-0.2, -0.15) is 0 Å². The van der Waals surface area contributed by atoms with Crippen LogP contribution in [0.3, 0.4) is 0 Å². The maximum Gasteiger partial charge on any atom is 0.598 e. The van der Waals surface area contributed by atoms with E-state index in [4.69, 9.17) is 39.8 Å². The highest BCUT2D eigenvalue weighted by Crippen LogP contribution is 2.29. The normalized spacial score (nSPS) is 13.2. The monoisotopic (exact) mass is 545 g/mol. The quantitative estimate of drug-likeness (QED) is 0.167. The average Bonchev–Trinajstić information content (AvgIpc) is 2.78. The van der Waals surface area contributed by atoms with Gasteiger partial charge in [-0.15, -0.1) is 0 Å². The summed E-state index contributed by atoms with van der Waals surface area (Å²) in [6.07, 6.45) is 0.677. The van der Waals surface area contributed by atoms with Gasteiger partial charge >= 0.3 is 26.7 Å². The van der Waals surface area contributed by atoms with Crippen molar-refractivity contribution in [1.82, 2.24) is 4.23 Å². The van der Waals surface area contributed by atoms with Gasteiger partial charge in [0.05, 0.1) is 0 Å². The molecule has 0 fully saturated rings. The van der Waals surface area contributed by atoms with Crippen LogP contribution in [0.2, 0.25) is 6.04 Å². The third-order valence-electron chi connectivity index (χ3n) is 4.58. The van der Waals surface area contributed by atoms with Crippen LogP contribution in [-0.4, -0.2) is 97.0 Å². The zero-order valence-electron chi connectivity index (χ0n) is 23.1. The fraction of sp³-hybridized carbons (Fsp3) is 1.00. The highest BCUT2D eigenvalue weighted by molar-refractivity contribution is 6.75. The van der Waals surface area contributed by atoms with Gasteiger partial charge in [0.2, 0.25) is 0 Å². The van der Waals surface area contributed by atoms with E-state index in [9.17, 15) is 0 Å². The van der Waals surface area contributed by atoms with Crippen LogP contribution < -0.4 is 0 Å². The Balaban J connectivity index is 6.35. The van der Waals surface area contributed by atoms with Gasteiger partial charge in [0.15, 0.2) is 0 Å². The van der Waals surface area contributed by atoms with Crippen molar-refractivity contribution in [1.29, 1.82) is 0 Å². The van der Waals surface area contributed by atoms with Gasteiger partial charge in [0, 0.05) is 65.5 Å². The Morgan fingerprint density at radius 1 is 0.412 bits per heavy atom. The second-order valence-corrected chi connectivity index (χ2v) is 15.0. The SMILES string of the molecule is CCO[Si](CCCN([Si](OCC)(OCC)OCC)[Si](OCC)(OCC)OCC)(OCC)OCC. The molecule has 0 aliphatic carbocycles. The molecule has 0 atom stereocenters. The Morgan fingerprint density at radius 3 is 0.912 bits per heavy atom. The van der Waals surface area contributed by atoms with Gasteiger partial charge in [-0.1, -0.05) is 0 Å². The van der Waals surface area contributed by atoms with E-state index in [1.807, 2.05) is 66.5 Å². The Hall–Kier alpha value is 0.251. The Bertz CT molecular complexity index is 417. The van der Waals surface area contributed by atoms with Gasteiger partial charge in [-0.05, 0) is 75.3 Å². The zero-order chi connectivity index (χ0) is 25.9. The van der Waals surface area contributed by atoms with Crippen LogP contribution in [0, 0.1) is 0 Å². The van der Waals surface area contributed by atoms with Gasteiger partial charge in [0.1, 0.15) is 0 Å². The second kappa shape index (κ2) is 19.4. The highest BCUT2D eigenvalue weighted by Gasteiger charge is 2.64. The maximum absolute atomic E-state index is 6.28. The lowest BCUT2D eigenvalue weighted by Crippen LogP contribution is -2.75. The topological polar surface area (TPSA) is 86.3 Å². The van der Waals surface area contributed by atoms with Gasteiger partial charge in [-0.25, -0.2) is 4.23 Å². The molecule has 0 aromatic rings. The smallest absolute Gasteiger partial charge is 0.374 e. The van der Waals surface area contributed by atoms with Crippen molar-refractivity contribution >= 4 is 26.7 Å². The lowest BCUT2D eigenvalue weighted by molar-refractivity contribution is -0.0196. The Kier molecular flexibility index (Phi) is 19.5. The predicted molar refractivity (Wildman–Crippen MR) is 138 cm³/mol. The minimum Gasteiger partial charge on any atom is -0.374 e. The van der Waals surface area contributed by atoms with Crippen LogP contribution in [0.5, 0.6) is 0 Å². The standard InChI is InChI=1S/C21H51NO9Si3/c1-10-23-32(24-11-2,25-12-3)21-19-20-22(33(26-13-4,27-14-5)28-15-6)34(29-16-7,30-17-8)31-18-9/h10-21H2,1-9H3. The summed E-state index contributed by atoms with van der Waals surface area (Å²) in [5, 5.41) is 0. The fourth-order valence-electron chi connectivity index (χ4n) is 3.71. The van der Waals surface area contributed by atoms with E-state index in [0.717, 1.165) is 0 Å². The molecule has 0 spiro atoms. The summed E-state index contributed by atoms with van der Waals surface area (Å²) in [6, 6.07) is 0.628. The molecule has 0 saturated heterocycles. The summed E-state index contributed by atoms with van der Waals surface area (Å²) >= 11 is 0. The summed E-state index contributed by atoms with van der Waals surface area (Å²) in [4.78, 5) is 0. The molecule has 0 aliphatic heterocycles. The highest BCUT2D eigenvalue weighted by atomic mass is 28.5. The summed E-state index contributed by atoms with van der Waals surface area (Å²) in [5.74, 6) is 0. The zero-order valence-corrected chi connectivity index (χ0v) is 26.1. The van der Waals surface area contributed by atoms with E-state index >= 15 is 0 Å². The van der Waals surface area contributed by atoms with Gasteiger partial charge in [-0.3, -0.25) is 0 Å². The molecule has 0 amide bonds. The predicted octanol–water partition coefficient (Wildman–Crippen LogP) is 3.82. The third-order valence-corrected chi connectivity index (χ3v) is 15.1. The first-order valence-corrected chi connectivity index (χ1v) is 18.2. The van der Waals surface area contributed by atoms with Crippen molar-refractivity contribution in [2.45, 2.75) is 74.8 Å². The molecule has 34 heavy (non-hydrogen) atoms. The van der Waals surface area contributed by atoms with Crippen molar-refractivity contribution in [3.05, 3.63) is 0 Å². The molecule has 0 saturated carbocycles. The van der Waals surface area contributed by atoms with Crippen LogP contribution in [0.1, 0.15) is 68.7 Å². The summed E-state index contributed by atoms with van der Waals surface area (Å²) in [6.45, 7) is 22.1. The largest absolute Gasteiger partial charge is 0.598 e. The van der Waals surface area contributed by atoms with Crippen molar-refractivity contribution < 1.29 is 39.8 Å². The minimum atomic E-state index is -3.41. The van der Waals surface area contributed by atoms with Crippen LogP contribution in [0.15, 0.2) is 0 Å². The molecule has 0 aromatic carbocycles. The average molecular weight is 546 g/mol. The lowest BCUT2D eigenvalue weighted by atomic mass is 10.5. The van der Waals surface area contributed by atoms with E-state index in [1.165, 1.54) is 0 Å². The summed E-state index contributed by atoms with van der Waals surface area (Å²) in [7, 11) is -9.65. The molecule has 0 aliphatic rings. The first kappa shape index (κ1) is 34.3. The number of hydrogen-bond acceptors (Lipinski definition) is 10. The minimum absolute atomic E-state index is 0.424. The van der Waals surface area contributed by atoms with Crippen LogP contribution >= 0.6 is 0 Å². The Morgan fingerprint density at radius 2 is 0.676 bits per heavy atom. The molecular formula is C21H51NO9Si3. The van der Waals surface area contributed by atoms with E-state index in [-0.39, 0.29) is 0 Å². The maximum atomic E-state index is 6.28. The van der Waals surface area contributed by atoms with Crippen LogP contribution in [0.25, 0.3) is 0 Å². The molecule has 0 heterocycles. The Labute approximate surface area is 211 Å². The van der Waals surface area contributed by atoms with Gasteiger partial charge in [0.25, 0.3) is 0 Å². The first-order valence-electron chi connectivity index (χ1n) is 12.9. The first-order chi connectivity index (χ1) is 16.4. The molecule has 0 rings (SSSR count). The summed E-state index contributed by atoms with van der Waals surface area (Å²) < 4.78 is 57.8. The van der Waals surface area contributed by atoms with E-state index in [0.29, 0.717) is 78.5 Å². The fourth-order valence-corrected chi connectivity index (χ4v) is 13.3. The van der Waals surface area contributed by atoms with Crippen LogP contribution in [-0.2, 0) is 39.8 Å². The molecule has 10 nitrogen and oxygen atoms in total. The molecule has 13 heteroatoms. The molecule has 0 unspecified atom stereocenters. The molecule has 206 valence electrons. The van der Waals surface area contributed by atoms with Gasteiger partial charge < -0.3 is 39.8 Å². The number of hydrogen-bond donors (Lipinski definition) is 0. The van der Waals surface area contributed by atoms with E-state index in [2.05, 4.69) is 0 Å². The van der Waals surface area contributed by atoms with Crippen molar-refractivity contribution in [2.75, 3.05) is 66.0 Å². The third kappa shape index (κ3) is 10.3. The van der Waals surface area contributed by atoms with Crippen LogP contribution in [0.4, 0.5) is 0 Å². The van der Waals surface area contributed by atoms with Crippen molar-refractivity contribution in [2.24, 2.45) is 0 Å². The van der Waals surface area contributed by atoms with E-state index < -0.39 is 26.7 Å². The molecule has 0 aromatic heterocycles. The number of nitrogens with zero attached hydrogens (tertiary/aromatic N) is 1. The molecule has 0 N–H and O–H groups in total.